The minimum atomic E-state index is -0.518. The molecular formula is C17H11N3O3S. The Bertz CT molecular complexity index is 890. The van der Waals surface area contributed by atoms with Crippen LogP contribution in [0.4, 0.5) is 0 Å². The van der Waals surface area contributed by atoms with E-state index < -0.39 is 5.97 Å². The molecular weight excluding hydrogens is 326 g/mol. The maximum atomic E-state index is 11.7. The van der Waals surface area contributed by atoms with E-state index in [4.69, 9.17) is 14.5 Å². The van der Waals surface area contributed by atoms with Crippen molar-refractivity contribution in [1.29, 1.82) is 5.26 Å². The number of carbonyl (C=O) groups is 1. The highest BCUT2D eigenvalue weighted by atomic mass is 32.1. The lowest BCUT2D eigenvalue weighted by molar-refractivity contribution is -0.139. The fourth-order valence-electron chi connectivity index (χ4n) is 1.83. The van der Waals surface area contributed by atoms with Gasteiger partial charge in [0.1, 0.15) is 0 Å². The van der Waals surface area contributed by atoms with E-state index in [1.54, 1.807) is 30.3 Å². The van der Waals surface area contributed by atoms with Gasteiger partial charge in [0.15, 0.2) is 6.61 Å². The molecule has 1 aromatic carbocycles. The number of esters is 1. The number of aromatic nitrogens is 2. The van der Waals surface area contributed by atoms with Gasteiger partial charge in [0.05, 0.1) is 16.5 Å². The highest BCUT2D eigenvalue weighted by Gasteiger charge is 2.10. The van der Waals surface area contributed by atoms with Gasteiger partial charge in [0, 0.05) is 6.08 Å². The standard InChI is InChI=1S/C17H11N3O3S/c18-10-13-5-3-12(4-6-13)7-8-16(21)22-11-15-19-17(20-23-15)14-2-1-9-24-14/h1-9H,11H2/b8-7+. The summed E-state index contributed by atoms with van der Waals surface area (Å²) in [5.41, 5.74) is 1.36. The minimum Gasteiger partial charge on any atom is -0.452 e. The van der Waals surface area contributed by atoms with Crippen molar-refractivity contribution in [3.8, 4) is 16.8 Å². The zero-order chi connectivity index (χ0) is 16.8. The number of rotatable bonds is 5. The topological polar surface area (TPSA) is 89.0 Å². The summed E-state index contributed by atoms with van der Waals surface area (Å²) in [5, 5.41) is 14.5. The van der Waals surface area contributed by atoms with Gasteiger partial charge >= 0.3 is 5.97 Å². The molecule has 24 heavy (non-hydrogen) atoms. The van der Waals surface area contributed by atoms with Gasteiger partial charge in [-0.25, -0.2) is 4.79 Å². The van der Waals surface area contributed by atoms with Crippen LogP contribution in [0, 0.1) is 11.3 Å². The molecule has 2 heterocycles. The third kappa shape index (κ3) is 3.94. The van der Waals surface area contributed by atoms with Gasteiger partial charge in [0.25, 0.3) is 5.89 Å². The van der Waals surface area contributed by atoms with Gasteiger partial charge in [-0.15, -0.1) is 11.3 Å². The Kier molecular flexibility index (Phi) is 4.79. The van der Waals surface area contributed by atoms with E-state index in [1.165, 1.54) is 17.4 Å². The lowest BCUT2D eigenvalue weighted by Gasteiger charge is -1.97. The molecule has 118 valence electrons. The SMILES string of the molecule is N#Cc1ccc(/C=C/C(=O)OCc2nc(-c3cccs3)no2)cc1. The number of thiophene rings is 1. The molecule has 0 aliphatic heterocycles. The molecule has 0 fully saturated rings. The first-order chi connectivity index (χ1) is 11.7. The van der Waals surface area contributed by atoms with Crippen molar-refractivity contribution in [3.05, 3.63) is 64.9 Å². The van der Waals surface area contributed by atoms with E-state index in [0.717, 1.165) is 10.4 Å². The molecule has 0 radical (unpaired) electrons. The van der Waals surface area contributed by atoms with E-state index in [2.05, 4.69) is 10.1 Å². The van der Waals surface area contributed by atoms with Crippen molar-refractivity contribution in [3.63, 3.8) is 0 Å². The van der Waals surface area contributed by atoms with E-state index in [9.17, 15) is 4.79 Å². The summed E-state index contributed by atoms with van der Waals surface area (Å²) in [6, 6.07) is 12.6. The first-order valence-corrected chi connectivity index (χ1v) is 7.84. The summed E-state index contributed by atoms with van der Waals surface area (Å²) >= 11 is 1.50. The molecule has 3 aromatic rings. The molecule has 0 saturated heterocycles. The average molecular weight is 337 g/mol. The molecule has 6 nitrogen and oxygen atoms in total. The maximum absolute atomic E-state index is 11.7. The van der Waals surface area contributed by atoms with Crippen molar-refractivity contribution in [2.24, 2.45) is 0 Å². The Morgan fingerprint density at radius 1 is 1.33 bits per heavy atom. The fraction of sp³-hybridized carbons (Fsp3) is 0.0588. The predicted molar refractivity (Wildman–Crippen MR) is 87.6 cm³/mol. The number of carbonyl (C=O) groups excluding carboxylic acids is 1. The Balaban J connectivity index is 1.53. The first kappa shape index (κ1) is 15.6. The van der Waals surface area contributed by atoms with Crippen LogP contribution in [-0.4, -0.2) is 16.1 Å². The lowest BCUT2D eigenvalue weighted by Crippen LogP contribution is -2.00. The molecule has 0 spiro atoms. The number of nitriles is 1. The van der Waals surface area contributed by atoms with Gasteiger partial charge in [0.2, 0.25) is 5.82 Å². The smallest absolute Gasteiger partial charge is 0.331 e. The van der Waals surface area contributed by atoms with E-state index in [1.807, 2.05) is 23.6 Å². The summed E-state index contributed by atoms with van der Waals surface area (Å²) < 4.78 is 10.1. The third-order valence-corrected chi connectivity index (χ3v) is 3.87. The molecule has 0 amide bonds. The number of hydrogen-bond donors (Lipinski definition) is 0. The average Bonchev–Trinajstić information content (AvgIpc) is 3.29. The lowest BCUT2D eigenvalue weighted by atomic mass is 10.1. The number of nitrogens with zero attached hydrogens (tertiary/aromatic N) is 3. The van der Waals surface area contributed by atoms with Gasteiger partial charge in [-0.1, -0.05) is 23.4 Å². The third-order valence-electron chi connectivity index (χ3n) is 3.00. The second-order valence-electron chi connectivity index (χ2n) is 4.66. The molecule has 0 saturated carbocycles. The van der Waals surface area contributed by atoms with Gasteiger partial charge < -0.3 is 9.26 Å². The summed E-state index contributed by atoms with van der Waals surface area (Å²) in [6.07, 6.45) is 2.91. The molecule has 0 bridgehead atoms. The van der Waals surface area contributed by atoms with E-state index in [0.29, 0.717) is 11.4 Å². The molecule has 7 heteroatoms. The van der Waals surface area contributed by atoms with E-state index in [-0.39, 0.29) is 12.5 Å². The van der Waals surface area contributed by atoms with Crippen LogP contribution in [0.5, 0.6) is 0 Å². The zero-order valence-electron chi connectivity index (χ0n) is 12.4. The van der Waals surface area contributed by atoms with Crippen LogP contribution in [0.3, 0.4) is 0 Å². The van der Waals surface area contributed by atoms with Crippen LogP contribution in [0.2, 0.25) is 0 Å². The van der Waals surface area contributed by atoms with Gasteiger partial charge in [-0.2, -0.15) is 10.2 Å². The van der Waals surface area contributed by atoms with Crippen LogP contribution in [0.15, 0.2) is 52.4 Å². The van der Waals surface area contributed by atoms with Gasteiger partial charge in [-0.05, 0) is 35.2 Å². The van der Waals surface area contributed by atoms with Crippen LogP contribution < -0.4 is 0 Å². The highest BCUT2D eigenvalue weighted by Crippen LogP contribution is 2.21. The zero-order valence-corrected chi connectivity index (χ0v) is 13.2. The Labute approximate surface area is 141 Å². The maximum Gasteiger partial charge on any atom is 0.331 e. The molecule has 0 N–H and O–H groups in total. The van der Waals surface area contributed by atoms with Crippen molar-refractivity contribution in [2.75, 3.05) is 0 Å². The Hall–Kier alpha value is -3.24. The van der Waals surface area contributed by atoms with Crippen LogP contribution in [0.25, 0.3) is 16.8 Å². The second-order valence-corrected chi connectivity index (χ2v) is 5.61. The largest absolute Gasteiger partial charge is 0.452 e. The quantitative estimate of drug-likeness (QED) is 0.523. The molecule has 0 aliphatic carbocycles. The summed E-state index contributed by atoms with van der Waals surface area (Å²) in [5.74, 6) is 0.193. The van der Waals surface area contributed by atoms with Crippen molar-refractivity contribution < 1.29 is 14.1 Å². The molecule has 0 aliphatic rings. The van der Waals surface area contributed by atoms with E-state index >= 15 is 0 Å². The first-order valence-electron chi connectivity index (χ1n) is 6.96. The minimum absolute atomic E-state index is 0.0884. The Morgan fingerprint density at radius 2 is 2.17 bits per heavy atom. The predicted octanol–water partition coefficient (Wildman–Crippen LogP) is 3.43. The van der Waals surface area contributed by atoms with Crippen molar-refractivity contribution in [1.82, 2.24) is 10.1 Å². The molecule has 3 rings (SSSR count). The molecule has 0 unspecified atom stereocenters. The monoisotopic (exact) mass is 337 g/mol. The van der Waals surface area contributed by atoms with Crippen LogP contribution >= 0.6 is 11.3 Å². The van der Waals surface area contributed by atoms with Crippen molar-refractivity contribution >= 4 is 23.4 Å². The number of benzene rings is 1. The number of ether oxygens (including phenoxy) is 1. The summed E-state index contributed by atoms with van der Waals surface area (Å²) in [7, 11) is 0. The summed E-state index contributed by atoms with van der Waals surface area (Å²) in [4.78, 5) is 16.7. The van der Waals surface area contributed by atoms with Crippen molar-refractivity contribution in [2.45, 2.75) is 6.61 Å². The fourth-order valence-corrected chi connectivity index (χ4v) is 2.48. The molecule has 2 aromatic heterocycles. The Morgan fingerprint density at radius 3 is 2.88 bits per heavy atom. The highest BCUT2D eigenvalue weighted by molar-refractivity contribution is 7.13. The normalized spacial score (nSPS) is 10.6. The second kappa shape index (κ2) is 7.35. The number of hydrogen-bond acceptors (Lipinski definition) is 7. The molecule has 0 atom stereocenters. The van der Waals surface area contributed by atoms with Crippen LogP contribution in [0.1, 0.15) is 17.0 Å². The summed E-state index contributed by atoms with van der Waals surface area (Å²) in [6.45, 7) is -0.0884. The van der Waals surface area contributed by atoms with Crippen LogP contribution in [-0.2, 0) is 16.1 Å². The van der Waals surface area contributed by atoms with Gasteiger partial charge in [-0.3, -0.25) is 0 Å².